The van der Waals surface area contributed by atoms with Crippen LogP contribution in [-0.4, -0.2) is 4.98 Å². The van der Waals surface area contributed by atoms with Gasteiger partial charge in [0, 0.05) is 18.1 Å². The van der Waals surface area contributed by atoms with Gasteiger partial charge in [0.1, 0.15) is 5.82 Å². The maximum atomic E-state index is 5.74. The first-order valence-corrected chi connectivity index (χ1v) is 6.13. The number of nitrogens with zero attached hydrogens (tertiary/aromatic N) is 1. The smallest absolute Gasteiger partial charge is 0.126 e. The molecule has 3 heteroatoms. The van der Waals surface area contributed by atoms with Gasteiger partial charge in [-0.2, -0.15) is 0 Å². The fourth-order valence-corrected chi connectivity index (χ4v) is 1.76. The third kappa shape index (κ3) is 3.46. The molecule has 0 saturated heterocycles. The van der Waals surface area contributed by atoms with Gasteiger partial charge in [0.05, 0.1) is 0 Å². The Labute approximate surface area is 107 Å². The molecule has 1 N–H and O–H groups in total. The van der Waals surface area contributed by atoms with E-state index in [0.29, 0.717) is 5.88 Å². The highest BCUT2D eigenvalue weighted by Gasteiger charge is 1.96. The summed E-state index contributed by atoms with van der Waals surface area (Å²) in [7, 11) is 0. The lowest BCUT2D eigenvalue weighted by Crippen LogP contribution is -2.01. The number of rotatable bonds is 4. The van der Waals surface area contributed by atoms with Gasteiger partial charge in [0.25, 0.3) is 0 Å². The third-order valence-electron chi connectivity index (χ3n) is 2.54. The van der Waals surface area contributed by atoms with Gasteiger partial charge in [-0.25, -0.2) is 4.98 Å². The van der Waals surface area contributed by atoms with Crippen LogP contribution in [0.25, 0.3) is 0 Å². The van der Waals surface area contributed by atoms with Crippen molar-refractivity contribution >= 4 is 17.4 Å². The first-order valence-electron chi connectivity index (χ1n) is 5.59. The van der Waals surface area contributed by atoms with Crippen molar-refractivity contribution in [1.82, 2.24) is 4.98 Å². The van der Waals surface area contributed by atoms with Crippen molar-refractivity contribution in [3.63, 3.8) is 0 Å². The van der Waals surface area contributed by atoms with Gasteiger partial charge >= 0.3 is 0 Å². The molecular weight excluding hydrogens is 232 g/mol. The zero-order chi connectivity index (χ0) is 12.1. The van der Waals surface area contributed by atoms with Crippen LogP contribution >= 0.6 is 11.6 Å². The highest BCUT2D eigenvalue weighted by Crippen LogP contribution is 2.09. The number of anilines is 1. The molecular formula is C14H15ClN2. The van der Waals surface area contributed by atoms with E-state index in [-0.39, 0.29) is 0 Å². The molecule has 0 unspecified atom stereocenters. The van der Waals surface area contributed by atoms with E-state index in [1.54, 1.807) is 0 Å². The van der Waals surface area contributed by atoms with E-state index in [0.717, 1.165) is 23.6 Å². The van der Waals surface area contributed by atoms with Gasteiger partial charge in [-0.3, -0.25) is 0 Å². The molecule has 0 amide bonds. The molecule has 1 heterocycles. The van der Waals surface area contributed by atoms with Gasteiger partial charge in [-0.05, 0) is 30.2 Å². The molecule has 0 bridgehead atoms. The molecule has 1 aromatic carbocycles. The minimum Gasteiger partial charge on any atom is -0.366 e. The maximum Gasteiger partial charge on any atom is 0.126 e. The molecule has 17 heavy (non-hydrogen) atoms. The van der Waals surface area contributed by atoms with E-state index in [4.69, 9.17) is 11.6 Å². The Morgan fingerprint density at radius 2 is 1.76 bits per heavy atom. The molecule has 2 rings (SSSR count). The van der Waals surface area contributed by atoms with E-state index in [1.807, 2.05) is 37.3 Å². The first-order chi connectivity index (χ1) is 8.28. The molecule has 88 valence electrons. The Morgan fingerprint density at radius 3 is 2.41 bits per heavy atom. The predicted octanol–water partition coefficient (Wildman–Crippen LogP) is 3.74. The van der Waals surface area contributed by atoms with E-state index in [2.05, 4.69) is 22.4 Å². The largest absolute Gasteiger partial charge is 0.366 e. The molecule has 2 aromatic rings. The molecule has 2 nitrogen and oxygen atoms in total. The summed E-state index contributed by atoms with van der Waals surface area (Å²) in [5, 5.41) is 3.30. The van der Waals surface area contributed by atoms with Crippen molar-refractivity contribution in [3.05, 3.63) is 59.3 Å². The predicted molar refractivity (Wildman–Crippen MR) is 72.3 cm³/mol. The molecule has 1 aromatic heterocycles. The van der Waals surface area contributed by atoms with Gasteiger partial charge in [-0.1, -0.05) is 30.3 Å². The summed E-state index contributed by atoms with van der Waals surface area (Å²) < 4.78 is 0. The second-order valence-corrected chi connectivity index (χ2v) is 4.24. The van der Waals surface area contributed by atoms with E-state index in [1.165, 1.54) is 5.56 Å². The third-order valence-corrected chi connectivity index (χ3v) is 2.85. The highest BCUT2D eigenvalue weighted by molar-refractivity contribution is 6.17. The zero-order valence-electron chi connectivity index (χ0n) is 9.78. The number of benzene rings is 1. The number of pyridine rings is 1. The summed E-state index contributed by atoms with van der Waals surface area (Å²) in [5.74, 6) is 1.47. The summed E-state index contributed by atoms with van der Waals surface area (Å²) in [6.45, 7) is 2.76. The molecule has 0 saturated carbocycles. The van der Waals surface area contributed by atoms with Gasteiger partial charge in [-0.15, -0.1) is 11.6 Å². The summed E-state index contributed by atoms with van der Waals surface area (Å²) in [4.78, 5) is 4.39. The van der Waals surface area contributed by atoms with Gasteiger partial charge in [0.15, 0.2) is 0 Å². The average Bonchev–Trinajstić information content (AvgIpc) is 2.37. The number of hydrogen-bond donors (Lipinski definition) is 1. The van der Waals surface area contributed by atoms with E-state index in [9.17, 15) is 0 Å². The summed E-state index contributed by atoms with van der Waals surface area (Å²) in [6.07, 6.45) is 0. The van der Waals surface area contributed by atoms with Crippen LogP contribution in [0.3, 0.4) is 0 Å². The average molecular weight is 247 g/mol. The van der Waals surface area contributed by atoms with Crippen molar-refractivity contribution in [1.29, 1.82) is 0 Å². The van der Waals surface area contributed by atoms with Crippen LogP contribution in [0, 0.1) is 6.92 Å². The van der Waals surface area contributed by atoms with Crippen molar-refractivity contribution < 1.29 is 0 Å². The lowest BCUT2D eigenvalue weighted by molar-refractivity contribution is 1.09. The van der Waals surface area contributed by atoms with Crippen LogP contribution in [0.15, 0.2) is 42.5 Å². The molecule has 0 radical (unpaired) electrons. The maximum absolute atomic E-state index is 5.74. The fourth-order valence-electron chi connectivity index (χ4n) is 1.58. The van der Waals surface area contributed by atoms with E-state index < -0.39 is 0 Å². The normalized spacial score (nSPS) is 10.2. The molecule has 0 aliphatic rings. The zero-order valence-corrected chi connectivity index (χ0v) is 10.5. The molecule has 0 atom stereocenters. The Bertz CT molecular complexity index is 480. The number of halogens is 1. The minimum absolute atomic E-state index is 0.563. The topological polar surface area (TPSA) is 24.9 Å². The first kappa shape index (κ1) is 11.9. The summed E-state index contributed by atoms with van der Waals surface area (Å²) >= 11 is 5.74. The lowest BCUT2D eigenvalue weighted by Gasteiger charge is -2.06. The fraction of sp³-hybridized carbons (Fsp3) is 0.214. The number of hydrogen-bond acceptors (Lipinski definition) is 2. The van der Waals surface area contributed by atoms with Gasteiger partial charge < -0.3 is 5.32 Å². The number of aromatic nitrogens is 1. The summed E-state index contributed by atoms with van der Waals surface area (Å²) in [5.41, 5.74) is 3.39. The van der Waals surface area contributed by atoms with Crippen LogP contribution in [0.5, 0.6) is 0 Å². The van der Waals surface area contributed by atoms with Crippen molar-refractivity contribution in [2.75, 3.05) is 5.32 Å². The van der Waals surface area contributed by atoms with Crippen LogP contribution in [0.4, 0.5) is 5.82 Å². The Balaban J connectivity index is 1.97. The van der Waals surface area contributed by atoms with Crippen LogP contribution in [0.1, 0.15) is 16.8 Å². The van der Waals surface area contributed by atoms with Crippen molar-refractivity contribution in [2.45, 2.75) is 19.3 Å². The Morgan fingerprint density at radius 1 is 1.06 bits per heavy atom. The monoisotopic (exact) mass is 246 g/mol. The molecule has 0 aliphatic carbocycles. The lowest BCUT2D eigenvalue weighted by atomic mass is 10.1. The number of nitrogens with one attached hydrogen (secondary N) is 1. The molecule has 0 aliphatic heterocycles. The van der Waals surface area contributed by atoms with Crippen LogP contribution < -0.4 is 5.32 Å². The van der Waals surface area contributed by atoms with Crippen molar-refractivity contribution in [2.24, 2.45) is 0 Å². The quantitative estimate of drug-likeness (QED) is 0.832. The van der Waals surface area contributed by atoms with Crippen LogP contribution in [-0.2, 0) is 12.4 Å². The van der Waals surface area contributed by atoms with Gasteiger partial charge in [0.2, 0.25) is 0 Å². The second kappa shape index (κ2) is 5.69. The SMILES string of the molecule is Cc1cccc(NCc2ccc(CCl)cc2)n1. The second-order valence-electron chi connectivity index (χ2n) is 3.97. The Kier molecular flexibility index (Phi) is 3.99. The minimum atomic E-state index is 0.563. The standard InChI is InChI=1S/C14H15ClN2/c1-11-3-2-4-14(17-11)16-10-13-7-5-12(9-15)6-8-13/h2-8H,9-10H2,1H3,(H,16,17). The Hall–Kier alpha value is -1.54. The molecule has 0 fully saturated rings. The van der Waals surface area contributed by atoms with E-state index >= 15 is 0 Å². The van der Waals surface area contributed by atoms with Crippen LogP contribution in [0.2, 0.25) is 0 Å². The highest BCUT2D eigenvalue weighted by atomic mass is 35.5. The molecule has 0 spiro atoms. The number of alkyl halides is 1. The number of aryl methyl sites for hydroxylation is 1. The summed E-state index contributed by atoms with van der Waals surface area (Å²) in [6, 6.07) is 14.2. The van der Waals surface area contributed by atoms with Crippen molar-refractivity contribution in [3.8, 4) is 0 Å².